The third kappa shape index (κ3) is 6.48. The van der Waals surface area contributed by atoms with Gasteiger partial charge < -0.3 is 5.11 Å². The first-order valence-corrected chi connectivity index (χ1v) is 18.5. The second-order valence-electron chi connectivity index (χ2n) is 9.51. The second kappa shape index (κ2) is 12.0. The Morgan fingerprint density at radius 1 is 0.821 bits per heavy atom. The molecule has 3 aliphatic rings. The number of carboxylic acid groups (broad SMARTS) is 1. The summed E-state index contributed by atoms with van der Waals surface area (Å²) >= 11 is -0.0480. The van der Waals surface area contributed by atoms with Crippen LogP contribution in [0.3, 0.4) is 0 Å². The molecule has 4 rings (SSSR count). The molecule has 28 heavy (non-hydrogen) atoms. The molecular weight excluding hydrogens is 471 g/mol. The molecular formula is C24H40O2SSn. The zero-order valence-electron chi connectivity index (χ0n) is 17.8. The molecule has 4 heteroatoms. The molecule has 3 aliphatic carbocycles. The predicted octanol–water partition coefficient (Wildman–Crippen LogP) is 7.97. The van der Waals surface area contributed by atoms with Crippen LogP contribution in [0.1, 0.15) is 112 Å². The van der Waals surface area contributed by atoms with Crippen molar-refractivity contribution in [3.05, 3.63) is 21.9 Å². The average Bonchev–Trinajstić information content (AvgIpc) is 3.18. The van der Waals surface area contributed by atoms with Crippen molar-refractivity contribution in [2.24, 2.45) is 0 Å². The SMILES string of the molecule is C1CC[CH]([SnH]([CH]2CCCCC2)[CH]2CCCCC2)CC1.Cc1ccsc1C(=O)O. The van der Waals surface area contributed by atoms with E-state index in [1.54, 1.807) is 115 Å². The zero-order chi connectivity index (χ0) is 19.8. The summed E-state index contributed by atoms with van der Waals surface area (Å²) in [5.41, 5.74) is 0.840. The Hall–Kier alpha value is -0.0313. The number of carboxylic acids is 1. The standard InChI is InChI=1S/C6H6O2S.3C6H11.Sn.H/c1-4-2-3-9-5(4)6(7)8;3*1-2-4-6-5-3-1;;/h2-3H,1H3,(H,7,8);3*1H,2-6H2;;. The molecule has 0 atom stereocenters. The molecule has 158 valence electrons. The number of carbonyl (C=O) groups is 1. The Morgan fingerprint density at radius 3 is 1.46 bits per heavy atom. The maximum Gasteiger partial charge on any atom is 0.346 e. The monoisotopic (exact) mass is 512 g/mol. The Bertz CT molecular complexity index is 538. The van der Waals surface area contributed by atoms with Gasteiger partial charge in [0.2, 0.25) is 0 Å². The van der Waals surface area contributed by atoms with E-state index in [-0.39, 0.29) is 0 Å². The topological polar surface area (TPSA) is 37.3 Å². The van der Waals surface area contributed by atoms with E-state index in [1.165, 1.54) is 23.1 Å². The van der Waals surface area contributed by atoms with Crippen LogP contribution in [0.2, 0.25) is 11.8 Å². The van der Waals surface area contributed by atoms with Crippen LogP contribution < -0.4 is 0 Å². The molecule has 0 saturated heterocycles. The van der Waals surface area contributed by atoms with Crippen molar-refractivity contribution in [1.29, 1.82) is 0 Å². The van der Waals surface area contributed by atoms with Crippen LogP contribution in [0.15, 0.2) is 11.4 Å². The van der Waals surface area contributed by atoms with Gasteiger partial charge in [0.25, 0.3) is 0 Å². The molecule has 0 bridgehead atoms. The minimum atomic E-state index is -1.31. The van der Waals surface area contributed by atoms with Crippen molar-refractivity contribution < 1.29 is 9.90 Å². The number of hydrogen-bond acceptors (Lipinski definition) is 2. The fraction of sp³-hybridized carbons (Fsp3) is 0.792. The Labute approximate surface area is 183 Å². The van der Waals surface area contributed by atoms with Crippen LogP contribution in [0.25, 0.3) is 0 Å². The maximum atomic E-state index is 10.3. The van der Waals surface area contributed by atoms with Crippen LogP contribution in [0, 0.1) is 6.92 Å². The van der Waals surface area contributed by atoms with Crippen LogP contribution >= 0.6 is 11.3 Å². The van der Waals surface area contributed by atoms with E-state index in [0.29, 0.717) is 4.88 Å². The first-order valence-electron chi connectivity index (χ1n) is 11.9. The van der Waals surface area contributed by atoms with Gasteiger partial charge in [-0.05, 0) is 23.9 Å². The van der Waals surface area contributed by atoms with Crippen LogP contribution in [-0.4, -0.2) is 30.8 Å². The minimum absolute atomic E-state index is 0.440. The van der Waals surface area contributed by atoms with E-state index in [9.17, 15) is 4.79 Å². The van der Waals surface area contributed by atoms with Gasteiger partial charge in [-0.2, -0.15) is 0 Å². The van der Waals surface area contributed by atoms with Crippen LogP contribution in [0.4, 0.5) is 0 Å². The molecule has 0 aliphatic heterocycles. The van der Waals surface area contributed by atoms with Crippen molar-refractivity contribution in [1.82, 2.24) is 0 Å². The molecule has 1 heterocycles. The largest absolute Gasteiger partial charge is 0.477 e. The van der Waals surface area contributed by atoms with Crippen molar-refractivity contribution in [3.8, 4) is 0 Å². The van der Waals surface area contributed by atoms with Gasteiger partial charge in [0.05, 0.1) is 0 Å². The smallest absolute Gasteiger partial charge is 0.346 e. The summed E-state index contributed by atoms with van der Waals surface area (Å²) in [6, 6.07) is 1.80. The summed E-state index contributed by atoms with van der Waals surface area (Å²) in [5, 5.41) is 10.2. The molecule has 1 aromatic heterocycles. The van der Waals surface area contributed by atoms with Crippen LogP contribution in [-0.2, 0) is 0 Å². The van der Waals surface area contributed by atoms with Gasteiger partial charge in [-0.25, -0.2) is 4.79 Å². The normalized spacial score (nSPS) is 22.6. The van der Waals surface area contributed by atoms with Gasteiger partial charge in [-0.1, -0.05) is 0 Å². The fourth-order valence-electron chi connectivity index (χ4n) is 6.30. The molecule has 1 N–H and O–H groups in total. The predicted molar refractivity (Wildman–Crippen MR) is 124 cm³/mol. The Balaban J connectivity index is 0.000000211. The summed E-state index contributed by atoms with van der Waals surface area (Å²) < 4.78 is 4.00. The van der Waals surface area contributed by atoms with E-state index in [4.69, 9.17) is 5.11 Å². The third-order valence-electron chi connectivity index (χ3n) is 7.64. The minimum Gasteiger partial charge on any atom is -0.477 e. The van der Waals surface area contributed by atoms with E-state index in [1.807, 2.05) is 0 Å². The maximum absolute atomic E-state index is 10.3. The summed E-state index contributed by atoms with van der Waals surface area (Å²) in [7, 11) is 0. The number of thiophene rings is 1. The number of hydrogen-bond donors (Lipinski definition) is 1. The quantitative estimate of drug-likeness (QED) is 0.417. The van der Waals surface area contributed by atoms with Crippen molar-refractivity contribution in [2.75, 3.05) is 0 Å². The zero-order valence-corrected chi connectivity index (χ0v) is 21.9. The summed E-state index contributed by atoms with van der Waals surface area (Å²) in [4.78, 5) is 10.7. The summed E-state index contributed by atoms with van der Waals surface area (Å²) in [5.74, 6) is -0.831. The molecule has 3 saturated carbocycles. The van der Waals surface area contributed by atoms with E-state index < -0.39 is 25.7 Å². The van der Waals surface area contributed by atoms with Gasteiger partial charge in [-0.3, -0.25) is 0 Å². The van der Waals surface area contributed by atoms with Gasteiger partial charge in [-0.15, -0.1) is 11.3 Å². The molecule has 0 radical (unpaired) electrons. The summed E-state index contributed by atoms with van der Waals surface area (Å²) in [6.45, 7) is 1.79. The molecule has 0 amide bonds. The summed E-state index contributed by atoms with van der Waals surface area (Å²) in [6.07, 6.45) is 24.3. The second-order valence-corrected chi connectivity index (χ2v) is 21.8. The molecule has 0 spiro atoms. The Kier molecular flexibility index (Phi) is 9.69. The molecule has 0 aromatic carbocycles. The molecule has 2 nitrogen and oxygen atoms in total. The third-order valence-corrected chi connectivity index (χ3v) is 23.7. The number of aromatic carboxylic acids is 1. The molecule has 1 aromatic rings. The van der Waals surface area contributed by atoms with E-state index in [0.717, 1.165) is 5.56 Å². The van der Waals surface area contributed by atoms with Crippen molar-refractivity contribution >= 4 is 37.1 Å². The van der Waals surface area contributed by atoms with Gasteiger partial charge in [0.15, 0.2) is 0 Å². The van der Waals surface area contributed by atoms with Crippen molar-refractivity contribution in [3.63, 3.8) is 0 Å². The van der Waals surface area contributed by atoms with Crippen LogP contribution in [0.5, 0.6) is 0 Å². The van der Waals surface area contributed by atoms with E-state index in [2.05, 4.69) is 0 Å². The van der Waals surface area contributed by atoms with E-state index >= 15 is 0 Å². The number of rotatable bonds is 4. The van der Waals surface area contributed by atoms with Gasteiger partial charge in [0, 0.05) is 0 Å². The first kappa shape index (κ1) is 22.6. The first-order chi connectivity index (χ1) is 13.7. The number of aryl methyl sites for hydroxylation is 1. The van der Waals surface area contributed by atoms with Crippen molar-refractivity contribution in [2.45, 2.75) is 115 Å². The average molecular weight is 511 g/mol. The Morgan fingerprint density at radius 2 is 1.21 bits per heavy atom. The fourth-order valence-corrected chi connectivity index (χ4v) is 24.3. The molecule has 3 fully saturated rings. The van der Waals surface area contributed by atoms with Gasteiger partial charge in [0.1, 0.15) is 4.88 Å². The molecule has 0 unspecified atom stereocenters. The van der Waals surface area contributed by atoms with Gasteiger partial charge >= 0.3 is 134 Å².